The number of halogens is 1. The molecule has 0 saturated heterocycles. The van der Waals surface area contributed by atoms with Crippen molar-refractivity contribution < 1.29 is 9.59 Å². The van der Waals surface area contributed by atoms with Gasteiger partial charge in [0, 0.05) is 6.54 Å². The molecule has 23 heavy (non-hydrogen) atoms. The van der Waals surface area contributed by atoms with Crippen LogP contribution in [0.5, 0.6) is 0 Å². The summed E-state index contributed by atoms with van der Waals surface area (Å²) in [6.45, 7) is 2.72. The highest BCUT2D eigenvalue weighted by atomic mass is 35.5. The second-order valence-electron chi connectivity index (χ2n) is 5.91. The molecule has 0 aliphatic heterocycles. The van der Waals surface area contributed by atoms with Gasteiger partial charge in [0.1, 0.15) is 0 Å². The summed E-state index contributed by atoms with van der Waals surface area (Å²) in [4.78, 5) is 25.7. The Kier molecular flexibility index (Phi) is 8.06. The van der Waals surface area contributed by atoms with Crippen LogP contribution in [0.15, 0.2) is 30.3 Å². The van der Waals surface area contributed by atoms with Crippen LogP contribution in [0.1, 0.15) is 37.8 Å². The second kappa shape index (κ2) is 9.53. The zero-order chi connectivity index (χ0) is 15.9. The van der Waals surface area contributed by atoms with Crippen LogP contribution >= 0.6 is 12.4 Å². The van der Waals surface area contributed by atoms with E-state index >= 15 is 0 Å². The molecule has 2 amide bonds. The number of nitrogens with zero attached hydrogens (tertiary/aromatic N) is 1. The molecule has 1 fully saturated rings. The Balaban J connectivity index is 0.00000264. The van der Waals surface area contributed by atoms with Gasteiger partial charge in [-0.25, -0.2) is 0 Å². The molecular weight excluding hydrogens is 314 g/mol. The molecule has 0 spiro atoms. The molecule has 128 valence electrons. The van der Waals surface area contributed by atoms with Crippen molar-refractivity contribution in [2.75, 3.05) is 19.6 Å². The van der Waals surface area contributed by atoms with Gasteiger partial charge in [-0.3, -0.25) is 9.59 Å². The molecule has 3 N–H and O–H groups in total. The lowest BCUT2D eigenvalue weighted by molar-refractivity contribution is -0.135. The molecule has 5 nitrogen and oxygen atoms in total. The first-order chi connectivity index (χ1) is 10.6. The van der Waals surface area contributed by atoms with E-state index in [9.17, 15) is 9.59 Å². The quantitative estimate of drug-likeness (QED) is 0.796. The second-order valence-corrected chi connectivity index (χ2v) is 5.91. The maximum Gasteiger partial charge on any atom is 0.242 e. The summed E-state index contributed by atoms with van der Waals surface area (Å²) in [6, 6.07) is 10.00. The normalized spacial score (nSPS) is 15.0. The zero-order valence-electron chi connectivity index (χ0n) is 13.5. The van der Waals surface area contributed by atoms with Crippen LogP contribution in [0.25, 0.3) is 0 Å². The van der Waals surface area contributed by atoms with Crippen LogP contribution < -0.4 is 11.1 Å². The van der Waals surface area contributed by atoms with Crippen LogP contribution in [-0.4, -0.2) is 36.3 Å². The smallest absolute Gasteiger partial charge is 0.242 e. The maximum absolute atomic E-state index is 12.5. The van der Waals surface area contributed by atoms with E-state index < -0.39 is 0 Å². The fraction of sp³-hybridized carbons (Fsp3) is 0.529. The van der Waals surface area contributed by atoms with E-state index in [4.69, 9.17) is 5.73 Å². The fourth-order valence-electron chi connectivity index (χ4n) is 2.69. The van der Waals surface area contributed by atoms with Gasteiger partial charge in [-0.15, -0.1) is 12.4 Å². The van der Waals surface area contributed by atoms with E-state index in [-0.39, 0.29) is 43.4 Å². The molecule has 1 saturated carbocycles. The SMILES string of the molecule is CC(c1ccccc1)N(CC1CCC1)C(=O)CNC(=O)CN.Cl. The Hall–Kier alpha value is -1.59. The first-order valence-corrected chi connectivity index (χ1v) is 7.93. The number of nitrogens with two attached hydrogens (primary N) is 1. The van der Waals surface area contributed by atoms with Gasteiger partial charge in [-0.2, -0.15) is 0 Å². The van der Waals surface area contributed by atoms with Gasteiger partial charge < -0.3 is 16.0 Å². The van der Waals surface area contributed by atoms with Crippen LogP contribution in [0.3, 0.4) is 0 Å². The first-order valence-electron chi connectivity index (χ1n) is 7.93. The molecule has 1 unspecified atom stereocenters. The van der Waals surface area contributed by atoms with Crippen LogP contribution in [-0.2, 0) is 9.59 Å². The van der Waals surface area contributed by atoms with Crippen molar-refractivity contribution in [1.82, 2.24) is 10.2 Å². The third kappa shape index (κ3) is 5.52. The number of hydrogen-bond acceptors (Lipinski definition) is 3. The lowest BCUT2D eigenvalue weighted by atomic mass is 9.84. The van der Waals surface area contributed by atoms with Gasteiger partial charge in [-0.1, -0.05) is 36.8 Å². The van der Waals surface area contributed by atoms with Crippen molar-refractivity contribution in [2.24, 2.45) is 11.7 Å². The summed E-state index contributed by atoms with van der Waals surface area (Å²) in [7, 11) is 0. The highest BCUT2D eigenvalue weighted by Crippen LogP contribution is 2.30. The minimum Gasteiger partial charge on any atom is -0.346 e. The summed E-state index contributed by atoms with van der Waals surface area (Å²) in [5.74, 6) is 0.231. The molecule has 0 aromatic heterocycles. The van der Waals surface area contributed by atoms with Crippen molar-refractivity contribution in [1.29, 1.82) is 0 Å². The van der Waals surface area contributed by atoms with E-state index in [2.05, 4.69) is 5.32 Å². The topological polar surface area (TPSA) is 75.4 Å². The average Bonchev–Trinajstić information content (AvgIpc) is 2.51. The van der Waals surface area contributed by atoms with Gasteiger partial charge in [-0.05, 0) is 31.2 Å². The molecule has 0 bridgehead atoms. The Morgan fingerprint density at radius 1 is 1.30 bits per heavy atom. The number of rotatable bonds is 7. The highest BCUT2D eigenvalue weighted by Gasteiger charge is 2.27. The molecule has 1 aromatic rings. The molecule has 1 aliphatic carbocycles. The summed E-state index contributed by atoms with van der Waals surface area (Å²) < 4.78 is 0. The molecule has 0 heterocycles. The van der Waals surface area contributed by atoms with Crippen LogP contribution in [0.2, 0.25) is 0 Å². The molecule has 0 radical (unpaired) electrons. The Bertz CT molecular complexity index is 506. The van der Waals surface area contributed by atoms with Crippen LogP contribution in [0.4, 0.5) is 0 Å². The van der Waals surface area contributed by atoms with Crippen molar-refractivity contribution >= 4 is 24.2 Å². The van der Waals surface area contributed by atoms with Gasteiger partial charge >= 0.3 is 0 Å². The standard InChI is InChI=1S/C17H25N3O2.ClH/c1-13(15-8-3-2-4-9-15)20(12-14-6-5-7-14)17(22)11-19-16(21)10-18;/h2-4,8-9,13-14H,5-7,10-12,18H2,1H3,(H,19,21);1H. The zero-order valence-corrected chi connectivity index (χ0v) is 14.3. The van der Waals surface area contributed by atoms with Gasteiger partial charge in [0.15, 0.2) is 0 Å². The number of benzene rings is 1. The Morgan fingerprint density at radius 3 is 2.48 bits per heavy atom. The van der Waals surface area contributed by atoms with E-state index in [1.54, 1.807) is 0 Å². The predicted octanol–water partition coefficient (Wildman–Crippen LogP) is 1.87. The lowest BCUT2D eigenvalue weighted by Crippen LogP contribution is -2.45. The van der Waals surface area contributed by atoms with E-state index in [1.165, 1.54) is 19.3 Å². The molecule has 1 aliphatic rings. The van der Waals surface area contributed by atoms with Gasteiger partial charge in [0.2, 0.25) is 11.8 Å². The van der Waals surface area contributed by atoms with Gasteiger partial charge in [0.05, 0.1) is 19.1 Å². The highest BCUT2D eigenvalue weighted by molar-refractivity contribution is 5.86. The number of carbonyl (C=O) groups is 2. The molecule has 2 rings (SSSR count). The predicted molar refractivity (Wildman–Crippen MR) is 93.2 cm³/mol. The van der Waals surface area contributed by atoms with Crippen molar-refractivity contribution in [3.63, 3.8) is 0 Å². The summed E-state index contributed by atoms with van der Waals surface area (Å²) >= 11 is 0. The fourth-order valence-corrected chi connectivity index (χ4v) is 2.69. The monoisotopic (exact) mass is 339 g/mol. The van der Waals surface area contributed by atoms with Gasteiger partial charge in [0.25, 0.3) is 0 Å². The van der Waals surface area contributed by atoms with Crippen molar-refractivity contribution in [3.8, 4) is 0 Å². The molecule has 1 aromatic carbocycles. The van der Waals surface area contributed by atoms with E-state index in [0.29, 0.717) is 5.92 Å². The maximum atomic E-state index is 12.5. The minimum absolute atomic E-state index is 0. The first kappa shape index (κ1) is 19.5. The van der Waals surface area contributed by atoms with E-state index in [0.717, 1.165) is 12.1 Å². The minimum atomic E-state index is -0.302. The molecular formula is C17H26ClN3O2. The largest absolute Gasteiger partial charge is 0.346 e. The van der Waals surface area contributed by atoms with Crippen molar-refractivity contribution in [2.45, 2.75) is 32.2 Å². The van der Waals surface area contributed by atoms with E-state index in [1.807, 2.05) is 42.2 Å². The number of amides is 2. The average molecular weight is 340 g/mol. The van der Waals surface area contributed by atoms with Crippen molar-refractivity contribution in [3.05, 3.63) is 35.9 Å². The third-order valence-corrected chi connectivity index (χ3v) is 4.37. The number of carbonyl (C=O) groups excluding carboxylic acids is 2. The Labute approximate surface area is 144 Å². The summed E-state index contributed by atoms with van der Waals surface area (Å²) in [5.41, 5.74) is 6.37. The van der Waals surface area contributed by atoms with Crippen LogP contribution in [0, 0.1) is 5.92 Å². The number of hydrogen-bond donors (Lipinski definition) is 2. The summed E-state index contributed by atoms with van der Waals surface area (Å²) in [6.07, 6.45) is 3.61. The molecule has 1 atom stereocenters. The summed E-state index contributed by atoms with van der Waals surface area (Å²) in [5, 5.41) is 2.57. The molecule has 6 heteroatoms. The Morgan fingerprint density at radius 2 is 1.96 bits per heavy atom. The third-order valence-electron chi connectivity index (χ3n) is 4.37. The lowest BCUT2D eigenvalue weighted by Gasteiger charge is -2.36. The number of nitrogens with one attached hydrogen (secondary N) is 1.